The average Bonchev–Trinajstić information content (AvgIpc) is 3.78. The van der Waals surface area contributed by atoms with Gasteiger partial charge in [-0.2, -0.15) is 0 Å². The number of fused-ring (bicyclic) bond motifs is 17. The van der Waals surface area contributed by atoms with Crippen molar-refractivity contribution in [3.8, 4) is 17.1 Å². The van der Waals surface area contributed by atoms with Crippen molar-refractivity contribution in [1.29, 1.82) is 0 Å². The Morgan fingerprint density at radius 3 is 0.900 bits per heavy atom. The van der Waals surface area contributed by atoms with Gasteiger partial charge in [-0.3, -0.25) is 0 Å². The molecule has 3 aromatic heterocycles. The summed E-state index contributed by atoms with van der Waals surface area (Å²) in [5.41, 5.74) is 9.92. The van der Waals surface area contributed by atoms with Crippen molar-refractivity contribution >= 4 is 124 Å². The Morgan fingerprint density at radius 2 is 0.471 bits per heavy atom. The van der Waals surface area contributed by atoms with E-state index in [0.29, 0.717) is 0 Å². The van der Waals surface area contributed by atoms with Crippen LogP contribution in [0.5, 0.6) is 0 Å². The van der Waals surface area contributed by atoms with E-state index in [9.17, 15) is 0 Å². The molecule has 11 aromatic carbocycles. The molecule has 0 radical (unpaired) electrons. The zero-order valence-electron chi connectivity index (χ0n) is 38.0. The van der Waals surface area contributed by atoms with Crippen LogP contribution in [0.4, 0.5) is 0 Å². The SMILES string of the molecule is Brc1cccc(-n2c3ccccc3c3ccccc3c3ccccc3c3ccc(-n4c5ccccc5c5ccccc5c5ccccc5c5cc(-n6c7ccccc7c7ccccc76)ccc54)cc32)c1. The second-order valence-electron chi connectivity index (χ2n) is 18.1. The molecule has 0 amide bonds. The highest BCUT2D eigenvalue weighted by atomic mass is 79.9. The molecule has 0 fully saturated rings. The van der Waals surface area contributed by atoms with Crippen LogP contribution in [0.2, 0.25) is 0 Å². The van der Waals surface area contributed by atoms with Gasteiger partial charge in [0.05, 0.1) is 33.1 Å². The lowest BCUT2D eigenvalue weighted by Crippen LogP contribution is -2.02. The van der Waals surface area contributed by atoms with Crippen molar-refractivity contribution in [2.75, 3.05) is 0 Å². The number of hydrogen-bond acceptors (Lipinski definition) is 0. The summed E-state index contributed by atoms with van der Waals surface area (Å²) in [6.45, 7) is 0. The Kier molecular flexibility index (Phi) is 9.36. The van der Waals surface area contributed by atoms with Gasteiger partial charge in [0, 0.05) is 53.9 Å². The topological polar surface area (TPSA) is 14.8 Å². The molecule has 0 saturated heterocycles. The van der Waals surface area contributed by atoms with Crippen LogP contribution in [0.25, 0.3) is 126 Å². The van der Waals surface area contributed by atoms with Crippen molar-refractivity contribution in [2.45, 2.75) is 0 Å². The molecule has 14 rings (SSSR count). The lowest BCUT2D eigenvalue weighted by Gasteiger charge is -2.18. The molecule has 3 nitrogen and oxygen atoms in total. The van der Waals surface area contributed by atoms with Crippen molar-refractivity contribution in [3.05, 3.63) is 259 Å². The normalized spacial score (nSPS) is 11.8. The van der Waals surface area contributed by atoms with E-state index in [2.05, 4.69) is 284 Å². The highest BCUT2D eigenvalue weighted by Crippen LogP contribution is 2.40. The molecule has 70 heavy (non-hydrogen) atoms. The van der Waals surface area contributed by atoms with Crippen LogP contribution in [0.1, 0.15) is 0 Å². The summed E-state index contributed by atoms with van der Waals surface area (Å²) < 4.78 is 8.43. The minimum absolute atomic E-state index is 1.01. The van der Waals surface area contributed by atoms with Gasteiger partial charge >= 0.3 is 0 Å². The maximum atomic E-state index is 3.88. The molecule has 0 atom stereocenters. The predicted octanol–water partition coefficient (Wildman–Crippen LogP) is 18.6. The highest BCUT2D eigenvalue weighted by molar-refractivity contribution is 9.10. The predicted molar refractivity (Wildman–Crippen MR) is 302 cm³/mol. The molecule has 14 aromatic rings. The Balaban J connectivity index is 1.23. The first kappa shape index (κ1) is 40.4. The smallest absolute Gasteiger partial charge is 0.0561 e. The van der Waals surface area contributed by atoms with Gasteiger partial charge in [0.2, 0.25) is 0 Å². The van der Waals surface area contributed by atoms with Crippen molar-refractivity contribution in [3.63, 3.8) is 0 Å². The fourth-order valence-corrected chi connectivity index (χ4v) is 11.8. The number of halogens is 1. The van der Waals surface area contributed by atoms with Gasteiger partial charge in [-0.05, 0) is 116 Å². The van der Waals surface area contributed by atoms with Crippen molar-refractivity contribution in [2.24, 2.45) is 0 Å². The maximum Gasteiger partial charge on any atom is 0.0561 e. The van der Waals surface area contributed by atoms with E-state index in [1.54, 1.807) is 0 Å². The summed E-state index contributed by atoms with van der Waals surface area (Å²) in [5, 5.41) is 16.6. The lowest BCUT2D eigenvalue weighted by atomic mass is 10.0. The lowest BCUT2D eigenvalue weighted by molar-refractivity contribution is 1.14. The monoisotopic (exact) mass is 955 g/mol. The molecular formula is C66H42BrN3. The molecule has 0 aliphatic rings. The number of aromatic nitrogens is 3. The van der Waals surface area contributed by atoms with Crippen LogP contribution < -0.4 is 0 Å². The summed E-state index contributed by atoms with van der Waals surface area (Å²) in [6, 6.07) is 93.9. The summed E-state index contributed by atoms with van der Waals surface area (Å²) in [4.78, 5) is 0. The first-order valence-corrected chi connectivity index (χ1v) is 24.7. The molecule has 0 saturated carbocycles. The molecule has 0 aliphatic carbocycles. The molecule has 0 N–H and O–H groups in total. The largest absolute Gasteiger partial charge is 0.309 e. The second-order valence-corrected chi connectivity index (χ2v) is 19.1. The van der Waals surface area contributed by atoms with Gasteiger partial charge < -0.3 is 13.7 Å². The minimum atomic E-state index is 1.01. The Hall–Kier alpha value is -8.70. The van der Waals surface area contributed by atoms with Gasteiger partial charge in [0.15, 0.2) is 0 Å². The fourth-order valence-electron chi connectivity index (χ4n) is 11.4. The van der Waals surface area contributed by atoms with Crippen LogP contribution in [-0.4, -0.2) is 13.7 Å². The first-order chi connectivity index (χ1) is 34.7. The van der Waals surface area contributed by atoms with E-state index in [-0.39, 0.29) is 0 Å². The Labute approximate surface area is 412 Å². The van der Waals surface area contributed by atoms with Crippen LogP contribution in [0.3, 0.4) is 0 Å². The van der Waals surface area contributed by atoms with Crippen LogP contribution in [0.15, 0.2) is 259 Å². The summed E-state index contributed by atoms with van der Waals surface area (Å²) in [5.74, 6) is 0. The number of hydrogen-bond donors (Lipinski definition) is 0. The summed E-state index contributed by atoms with van der Waals surface area (Å²) in [6.07, 6.45) is 0. The first-order valence-electron chi connectivity index (χ1n) is 23.9. The molecule has 0 aliphatic heterocycles. The number of benzene rings is 11. The quantitative estimate of drug-likeness (QED) is 0.168. The highest BCUT2D eigenvalue weighted by Gasteiger charge is 2.18. The third-order valence-corrected chi connectivity index (χ3v) is 14.8. The van der Waals surface area contributed by atoms with Gasteiger partial charge in [-0.25, -0.2) is 0 Å². The average molecular weight is 957 g/mol. The van der Waals surface area contributed by atoms with Gasteiger partial charge in [0.25, 0.3) is 0 Å². The van der Waals surface area contributed by atoms with Crippen molar-refractivity contribution in [1.82, 2.24) is 13.7 Å². The molecule has 0 bridgehead atoms. The molecular weight excluding hydrogens is 915 g/mol. The van der Waals surface area contributed by atoms with E-state index < -0.39 is 0 Å². The molecule has 4 heteroatoms. The van der Waals surface area contributed by atoms with Gasteiger partial charge in [-0.1, -0.05) is 198 Å². The number of nitrogens with zero attached hydrogens (tertiary/aromatic N) is 3. The Morgan fingerprint density at radius 1 is 0.186 bits per heavy atom. The van der Waals surface area contributed by atoms with E-state index in [1.165, 1.54) is 64.9 Å². The van der Waals surface area contributed by atoms with Crippen LogP contribution in [-0.2, 0) is 0 Å². The van der Waals surface area contributed by atoms with Crippen LogP contribution in [0, 0.1) is 0 Å². The third-order valence-electron chi connectivity index (χ3n) is 14.3. The van der Waals surface area contributed by atoms with E-state index in [1.807, 2.05) is 0 Å². The third kappa shape index (κ3) is 6.27. The van der Waals surface area contributed by atoms with Crippen LogP contribution >= 0.6 is 15.9 Å². The molecule has 328 valence electrons. The zero-order valence-corrected chi connectivity index (χ0v) is 39.6. The number of para-hydroxylation sites is 4. The summed E-state index contributed by atoms with van der Waals surface area (Å²) >= 11 is 3.88. The molecule has 0 unspecified atom stereocenters. The van der Waals surface area contributed by atoms with Gasteiger partial charge in [-0.15, -0.1) is 0 Å². The molecule has 0 spiro atoms. The summed E-state index contributed by atoms with van der Waals surface area (Å²) in [7, 11) is 0. The number of rotatable bonds is 3. The fraction of sp³-hybridized carbons (Fsp3) is 0. The second kappa shape index (κ2) is 16.2. The van der Waals surface area contributed by atoms with Gasteiger partial charge in [0.1, 0.15) is 0 Å². The molecule has 3 heterocycles. The maximum absolute atomic E-state index is 3.88. The van der Waals surface area contributed by atoms with E-state index in [0.717, 1.165) is 65.1 Å². The minimum Gasteiger partial charge on any atom is -0.309 e. The van der Waals surface area contributed by atoms with E-state index >= 15 is 0 Å². The zero-order chi connectivity index (χ0) is 46.3. The van der Waals surface area contributed by atoms with Crippen molar-refractivity contribution < 1.29 is 0 Å². The Bertz CT molecular complexity index is 4570. The van der Waals surface area contributed by atoms with E-state index in [4.69, 9.17) is 0 Å². The standard InChI is InChI=1S/C66H42BrN3/c67-43-18-17-19-44(40-43)70-62-33-14-10-29-56(62)51-24-5-1-20-47(51)48-21-3-7-26-53(48)59-38-36-46(42-66(59)70)69-61-32-13-9-28-55(61)52-25-6-2-22-49(52)50-23-4-8-27-54(50)60-41-45(37-39-65(60)69)68-63-34-15-11-30-57(63)58-31-12-16-35-64(58)68/h1-42H.